The molecule has 0 saturated carbocycles. The van der Waals surface area contributed by atoms with Crippen molar-refractivity contribution in [3.8, 4) is 11.1 Å². The highest BCUT2D eigenvalue weighted by Crippen LogP contribution is 2.41. The number of carboxylic acid groups (broad SMARTS) is 1. The van der Waals surface area contributed by atoms with Gasteiger partial charge in [-0.2, -0.15) is 13.2 Å². The molecule has 210 valence electrons. The minimum Gasteiger partial charge on any atom is -0.478 e. The predicted octanol–water partition coefficient (Wildman–Crippen LogP) is 6.78. The zero-order valence-corrected chi connectivity index (χ0v) is 22.7. The predicted molar refractivity (Wildman–Crippen MR) is 146 cm³/mol. The maximum atomic E-state index is 13.7. The van der Waals surface area contributed by atoms with Gasteiger partial charge in [0.2, 0.25) is 0 Å². The Morgan fingerprint density at radius 1 is 0.975 bits per heavy atom. The fourth-order valence-corrected chi connectivity index (χ4v) is 5.80. The molecule has 0 atom stereocenters. The molecule has 0 aliphatic carbocycles. The number of alkyl halides is 3. The van der Waals surface area contributed by atoms with Crippen LogP contribution in [-0.4, -0.2) is 53.7 Å². The van der Waals surface area contributed by atoms with Gasteiger partial charge in [-0.1, -0.05) is 41.4 Å². The van der Waals surface area contributed by atoms with Crippen LogP contribution < -0.4 is 4.90 Å². The van der Waals surface area contributed by atoms with Crippen molar-refractivity contribution in [2.75, 3.05) is 31.1 Å². The number of rotatable bonds is 5. The number of likely N-dealkylation sites (tertiary alicyclic amines) is 1. The van der Waals surface area contributed by atoms with E-state index in [1.807, 2.05) is 0 Å². The summed E-state index contributed by atoms with van der Waals surface area (Å²) in [7, 11) is 0. The van der Waals surface area contributed by atoms with Gasteiger partial charge in [0, 0.05) is 35.9 Å². The van der Waals surface area contributed by atoms with Crippen molar-refractivity contribution in [2.45, 2.75) is 31.2 Å². The molecule has 0 bridgehead atoms. The van der Waals surface area contributed by atoms with Gasteiger partial charge < -0.3 is 14.7 Å². The van der Waals surface area contributed by atoms with Crippen LogP contribution in [0, 0.1) is 0 Å². The van der Waals surface area contributed by atoms with Crippen LogP contribution in [0.4, 0.5) is 18.9 Å². The van der Waals surface area contributed by atoms with Gasteiger partial charge in [-0.3, -0.25) is 9.69 Å². The number of hydrogen-bond acceptors (Lipinski definition) is 4. The van der Waals surface area contributed by atoms with E-state index in [9.17, 15) is 22.8 Å². The van der Waals surface area contributed by atoms with Crippen LogP contribution in [0.5, 0.6) is 0 Å². The highest BCUT2D eigenvalue weighted by molar-refractivity contribution is 6.34. The van der Waals surface area contributed by atoms with E-state index in [0.717, 1.165) is 6.07 Å². The van der Waals surface area contributed by atoms with Crippen molar-refractivity contribution >= 4 is 40.8 Å². The van der Waals surface area contributed by atoms with Gasteiger partial charge in [-0.05, 0) is 66.4 Å². The Morgan fingerprint density at radius 2 is 1.65 bits per heavy atom. The average Bonchev–Trinajstić information content (AvgIpc) is 2.92. The minimum absolute atomic E-state index is 0.108. The van der Waals surface area contributed by atoms with E-state index in [0.29, 0.717) is 59.9 Å². The molecule has 0 unspecified atom stereocenters. The number of aromatic carboxylic acids is 1. The van der Waals surface area contributed by atoms with Gasteiger partial charge in [0.1, 0.15) is 6.61 Å². The number of carboxylic acids is 1. The van der Waals surface area contributed by atoms with Crippen molar-refractivity contribution in [1.29, 1.82) is 0 Å². The standard InChI is InChI=1S/C29H25Cl2F3N2O4/c30-24-4-2-1-3-21(24)22-14-25(31)23(29(32,33)34)13-19(22)15-35-11-9-28(10-12-35)17-36(26(37)16-40-28)20-7-5-18(6-8-20)27(38)39/h1-8,13-14H,9-12,15-17H2,(H,38,39). The second-order valence-corrected chi connectivity index (χ2v) is 10.9. The van der Waals surface area contributed by atoms with E-state index in [1.165, 1.54) is 18.2 Å². The number of amides is 1. The van der Waals surface area contributed by atoms with Crippen molar-refractivity contribution in [1.82, 2.24) is 4.90 Å². The van der Waals surface area contributed by atoms with Gasteiger partial charge in [-0.25, -0.2) is 4.79 Å². The molecule has 2 saturated heterocycles. The van der Waals surface area contributed by atoms with Crippen molar-refractivity contribution in [3.63, 3.8) is 0 Å². The summed E-state index contributed by atoms with van der Waals surface area (Å²) < 4.78 is 47.2. The molecule has 11 heteroatoms. The Kier molecular flexibility index (Phi) is 7.85. The Bertz CT molecular complexity index is 1440. The number of halogens is 5. The summed E-state index contributed by atoms with van der Waals surface area (Å²) in [5.41, 5.74) is 0.803. The topological polar surface area (TPSA) is 70.1 Å². The lowest BCUT2D eigenvalue weighted by Crippen LogP contribution is -2.58. The van der Waals surface area contributed by atoms with Crippen molar-refractivity contribution < 1.29 is 32.6 Å². The minimum atomic E-state index is -4.61. The highest BCUT2D eigenvalue weighted by Gasteiger charge is 2.43. The van der Waals surface area contributed by atoms with Crippen molar-refractivity contribution in [3.05, 3.63) is 87.4 Å². The molecule has 6 nitrogen and oxygen atoms in total. The molecular formula is C29H25Cl2F3N2O4. The summed E-state index contributed by atoms with van der Waals surface area (Å²) in [6.07, 6.45) is -3.48. The van der Waals surface area contributed by atoms with Crippen LogP contribution in [0.1, 0.15) is 34.3 Å². The van der Waals surface area contributed by atoms with Crippen molar-refractivity contribution in [2.24, 2.45) is 0 Å². The SMILES string of the molecule is O=C(O)c1ccc(N2CC3(CCN(Cc4cc(C(F)(F)F)c(Cl)cc4-c4ccccc4Cl)CC3)OCC2=O)cc1. The molecule has 2 aliphatic rings. The van der Waals surface area contributed by atoms with Gasteiger partial charge in [-0.15, -0.1) is 0 Å². The third-order valence-corrected chi connectivity index (χ3v) is 8.14. The number of ether oxygens (including phenoxy) is 1. The molecule has 1 amide bonds. The quantitative estimate of drug-likeness (QED) is 0.354. The Hall–Kier alpha value is -3.11. The number of hydrogen-bond donors (Lipinski definition) is 1. The molecule has 40 heavy (non-hydrogen) atoms. The summed E-state index contributed by atoms with van der Waals surface area (Å²) in [4.78, 5) is 27.5. The maximum Gasteiger partial charge on any atom is 0.417 e. The van der Waals surface area contributed by atoms with Crippen LogP contribution >= 0.6 is 23.2 Å². The molecule has 5 rings (SSSR count). The molecule has 3 aromatic rings. The molecule has 2 fully saturated rings. The lowest BCUT2D eigenvalue weighted by Gasteiger charge is -2.47. The van der Waals surface area contributed by atoms with E-state index < -0.39 is 23.3 Å². The molecule has 0 radical (unpaired) electrons. The summed E-state index contributed by atoms with van der Waals surface area (Å²) in [6, 6.07) is 15.5. The Balaban J connectivity index is 1.35. The van der Waals surface area contributed by atoms with Crippen LogP contribution in [0.2, 0.25) is 10.0 Å². The maximum absolute atomic E-state index is 13.7. The lowest BCUT2D eigenvalue weighted by atomic mass is 9.88. The van der Waals surface area contributed by atoms with E-state index in [2.05, 4.69) is 4.90 Å². The number of piperidine rings is 1. The lowest BCUT2D eigenvalue weighted by molar-refractivity contribution is -0.145. The van der Waals surface area contributed by atoms with Crippen LogP contribution in [0.25, 0.3) is 11.1 Å². The van der Waals surface area contributed by atoms with Crippen LogP contribution in [-0.2, 0) is 22.3 Å². The zero-order valence-electron chi connectivity index (χ0n) is 21.2. The fourth-order valence-electron chi connectivity index (χ4n) is 5.29. The second kappa shape index (κ2) is 11.0. The largest absolute Gasteiger partial charge is 0.478 e. The first kappa shape index (κ1) is 28.4. The molecule has 3 aromatic carbocycles. The number of anilines is 1. The monoisotopic (exact) mass is 592 g/mol. The van der Waals surface area contributed by atoms with E-state index >= 15 is 0 Å². The normalized spacial score (nSPS) is 17.8. The molecule has 0 aromatic heterocycles. The van der Waals surface area contributed by atoms with Crippen LogP contribution in [0.3, 0.4) is 0 Å². The van der Waals surface area contributed by atoms with Gasteiger partial charge in [0.05, 0.1) is 28.3 Å². The van der Waals surface area contributed by atoms with Gasteiger partial charge in [0.15, 0.2) is 0 Å². The summed E-state index contributed by atoms with van der Waals surface area (Å²) >= 11 is 12.5. The Labute approximate surface area is 238 Å². The van der Waals surface area contributed by atoms with Gasteiger partial charge >= 0.3 is 12.1 Å². The van der Waals surface area contributed by atoms with Gasteiger partial charge in [0.25, 0.3) is 5.91 Å². The number of benzene rings is 3. The first-order valence-corrected chi connectivity index (χ1v) is 13.4. The zero-order chi connectivity index (χ0) is 28.7. The first-order valence-electron chi connectivity index (χ1n) is 12.6. The van der Waals surface area contributed by atoms with E-state index in [1.54, 1.807) is 41.3 Å². The summed E-state index contributed by atoms with van der Waals surface area (Å²) in [6.45, 7) is 1.51. The second-order valence-electron chi connectivity index (χ2n) is 10.0. The Morgan fingerprint density at radius 3 is 2.27 bits per heavy atom. The first-order chi connectivity index (χ1) is 19.0. The molecule has 1 spiro atoms. The van der Waals surface area contributed by atoms with Crippen LogP contribution in [0.15, 0.2) is 60.7 Å². The average molecular weight is 593 g/mol. The summed E-state index contributed by atoms with van der Waals surface area (Å²) in [5.74, 6) is -1.27. The smallest absolute Gasteiger partial charge is 0.417 e. The molecule has 2 aliphatic heterocycles. The third-order valence-electron chi connectivity index (χ3n) is 7.50. The number of morpholine rings is 1. The number of nitrogens with zero attached hydrogens (tertiary/aromatic N) is 2. The van der Waals surface area contributed by atoms with E-state index in [4.69, 9.17) is 33.0 Å². The molecule has 2 heterocycles. The summed E-state index contributed by atoms with van der Waals surface area (Å²) in [5, 5.41) is 9.18. The van der Waals surface area contributed by atoms with E-state index in [-0.39, 0.29) is 29.6 Å². The third kappa shape index (κ3) is 5.83. The molecule has 1 N–H and O–H groups in total. The fraction of sp³-hybridized carbons (Fsp3) is 0.310. The number of carbonyl (C=O) groups is 2. The number of carbonyl (C=O) groups excluding carboxylic acids is 1. The molecular weight excluding hydrogens is 568 g/mol. The highest BCUT2D eigenvalue weighted by atomic mass is 35.5.